The lowest BCUT2D eigenvalue weighted by Gasteiger charge is -2.29. The number of H-pyrrole nitrogens is 1. The molecule has 3 rings (SSSR count). The van der Waals surface area contributed by atoms with E-state index in [0.29, 0.717) is 25.1 Å². The summed E-state index contributed by atoms with van der Waals surface area (Å²) in [5.74, 6) is -2.39. The van der Waals surface area contributed by atoms with Crippen molar-refractivity contribution in [3.63, 3.8) is 0 Å². The van der Waals surface area contributed by atoms with E-state index in [0.717, 1.165) is 16.5 Å². The number of likely N-dealkylation sites (tertiary alicyclic amines) is 1. The number of fused-ring (bicyclic) bond motifs is 1. The molecule has 1 aromatic heterocycles. The molecule has 12 heteroatoms. The van der Waals surface area contributed by atoms with Gasteiger partial charge in [0, 0.05) is 23.6 Å². The molecule has 11 nitrogen and oxygen atoms in total. The van der Waals surface area contributed by atoms with Crippen LogP contribution in [0.3, 0.4) is 0 Å². The van der Waals surface area contributed by atoms with Crippen molar-refractivity contribution in [2.45, 2.75) is 62.9 Å². The predicted octanol–water partition coefficient (Wildman–Crippen LogP) is 0.217. The van der Waals surface area contributed by atoms with Crippen molar-refractivity contribution in [2.75, 3.05) is 18.6 Å². The molecule has 1 saturated heterocycles. The number of benzene rings is 1. The molecular weight excluding hydrogens is 498 g/mol. The highest BCUT2D eigenvalue weighted by Crippen LogP contribution is 2.20. The minimum atomic E-state index is -1.35. The maximum Gasteiger partial charge on any atom is 0.326 e. The minimum absolute atomic E-state index is 0.213. The number of carboxylic acid groups (broad SMARTS) is 1. The van der Waals surface area contributed by atoms with Gasteiger partial charge in [0.05, 0.1) is 12.1 Å². The molecule has 5 unspecified atom stereocenters. The molecular formula is C25H35N5O6S. The summed E-state index contributed by atoms with van der Waals surface area (Å²) in [6.45, 7) is 1.65. The molecule has 1 aliphatic rings. The molecule has 7 N–H and O–H groups in total. The maximum atomic E-state index is 13.2. The molecule has 0 bridgehead atoms. The number of amides is 3. The molecule has 0 aliphatic carbocycles. The Morgan fingerprint density at radius 1 is 1.22 bits per heavy atom. The SMILES string of the molecule is CSCCC(NC(=O)C(NC(=O)C(N)Cc1c[nH]c2ccccc12)C(C)O)C(=O)N1CCCC1C(=O)O. The summed E-state index contributed by atoms with van der Waals surface area (Å²) in [5.41, 5.74) is 7.89. The Morgan fingerprint density at radius 3 is 2.62 bits per heavy atom. The molecule has 37 heavy (non-hydrogen) atoms. The van der Waals surface area contributed by atoms with Crippen molar-refractivity contribution in [1.82, 2.24) is 20.5 Å². The van der Waals surface area contributed by atoms with E-state index in [2.05, 4.69) is 15.6 Å². The van der Waals surface area contributed by atoms with Crippen LogP contribution in [0.4, 0.5) is 0 Å². The van der Waals surface area contributed by atoms with Crippen LogP contribution in [0.1, 0.15) is 31.7 Å². The number of aliphatic hydroxyl groups excluding tert-OH is 1. The van der Waals surface area contributed by atoms with Crippen molar-refractivity contribution in [3.05, 3.63) is 36.0 Å². The first-order valence-corrected chi connectivity index (χ1v) is 13.6. The second kappa shape index (κ2) is 12.9. The number of nitrogens with one attached hydrogen (secondary N) is 3. The Bertz CT molecular complexity index is 1120. The zero-order chi connectivity index (χ0) is 27.1. The molecule has 3 amide bonds. The van der Waals surface area contributed by atoms with Crippen molar-refractivity contribution in [2.24, 2.45) is 5.73 Å². The van der Waals surface area contributed by atoms with Crippen LogP contribution in [0, 0.1) is 0 Å². The lowest BCUT2D eigenvalue weighted by Crippen LogP contribution is -2.60. The monoisotopic (exact) mass is 533 g/mol. The Balaban J connectivity index is 1.68. The first-order valence-electron chi connectivity index (χ1n) is 12.3. The van der Waals surface area contributed by atoms with Crippen molar-refractivity contribution in [1.29, 1.82) is 0 Å². The summed E-state index contributed by atoms with van der Waals surface area (Å²) < 4.78 is 0. The lowest BCUT2D eigenvalue weighted by atomic mass is 10.0. The predicted molar refractivity (Wildman–Crippen MR) is 141 cm³/mol. The van der Waals surface area contributed by atoms with Crippen LogP contribution in [0.5, 0.6) is 0 Å². The quantitative estimate of drug-likeness (QED) is 0.224. The Morgan fingerprint density at radius 2 is 1.95 bits per heavy atom. The normalized spacial score (nSPS) is 18.7. The van der Waals surface area contributed by atoms with Gasteiger partial charge in [0.1, 0.15) is 18.1 Å². The third kappa shape index (κ3) is 7.02. The van der Waals surface area contributed by atoms with E-state index in [1.807, 2.05) is 30.5 Å². The van der Waals surface area contributed by atoms with Gasteiger partial charge in [-0.15, -0.1) is 0 Å². The van der Waals surface area contributed by atoms with E-state index in [1.165, 1.54) is 23.6 Å². The standard InChI is InChI=1S/C25H35N5O6S/c1-14(31)21(29-22(32)17(26)12-15-13-27-18-7-4-3-6-16(15)18)23(33)28-19(9-11-37-2)24(34)30-10-5-8-20(30)25(35)36/h3-4,6-7,13-14,17,19-21,27,31H,5,8-12,26H2,1-2H3,(H,28,33)(H,29,32)(H,35,36). The van der Waals surface area contributed by atoms with Crippen LogP contribution in [0.25, 0.3) is 10.9 Å². The molecule has 1 aromatic carbocycles. The van der Waals surface area contributed by atoms with E-state index in [4.69, 9.17) is 5.73 Å². The molecule has 2 heterocycles. The van der Waals surface area contributed by atoms with E-state index in [1.54, 1.807) is 6.20 Å². The van der Waals surface area contributed by atoms with Gasteiger partial charge >= 0.3 is 5.97 Å². The molecule has 0 saturated carbocycles. The number of nitrogens with zero attached hydrogens (tertiary/aromatic N) is 1. The van der Waals surface area contributed by atoms with E-state index in [-0.39, 0.29) is 12.8 Å². The fourth-order valence-electron chi connectivity index (χ4n) is 4.54. The third-order valence-electron chi connectivity index (χ3n) is 6.56. The smallest absolute Gasteiger partial charge is 0.326 e. The number of hydrogen-bond donors (Lipinski definition) is 6. The fourth-order valence-corrected chi connectivity index (χ4v) is 5.01. The molecule has 0 radical (unpaired) electrons. The topological polar surface area (TPSA) is 178 Å². The Kier molecular flexibility index (Phi) is 9.95. The summed E-state index contributed by atoms with van der Waals surface area (Å²) in [6.07, 6.45) is 3.77. The number of aliphatic hydroxyl groups is 1. The van der Waals surface area contributed by atoms with Gasteiger partial charge in [0.15, 0.2) is 0 Å². The molecule has 202 valence electrons. The van der Waals surface area contributed by atoms with Crippen molar-refractivity contribution in [3.8, 4) is 0 Å². The molecule has 2 aromatic rings. The van der Waals surface area contributed by atoms with Crippen LogP contribution in [0.2, 0.25) is 0 Å². The number of carbonyl (C=O) groups excluding carboxylic acids is 3. The number of aromatic nitrogens is 1. The van der Waals surface area contributed by atoms with Crippen LogP contribution < -0.4 is 16.4 Å². The second-order valence-corrected chi connectivity index (χ2v) is 10.3. The highest BCUT2D eigenvalue weighted by molar-refractivity contribution is 7.98. The van der Waals surface area contributed by atoms with E-state index >= 15 is 0 Å². The Hall–Kier alpha value is -3.09. The average molecular weight is 534 g/mol. The Labute approximate surface area is 219 Å². The first-order chi connectivity index (χ1) is 17.6. The van der Waals surface area contributed by atoms with Gasteiger partial charge in [0.25, 0.3) is 0 Å². The van der Waals surface area contributed by atoms with Gasteiger partial charge in [-0.05, 0) is 56.2 Å². The number of para-hydroxylation sites is 1. The molecule has 1 aliphatic heterocycles. The lowest BCUT2D eigenvalue weighted by molar-refractivity contribution is -0.149. The van der Waals surface area contributed by atoms with Crippen LogP contribution in [-0.2, 0) is 25.6 Å². The zero-order valence-corrected chi connectivity index (χ0v) is 21.8. The summed E-state index contributed by atoms with van der Waals surface area (Å²) in [5, 5.41) is 25.8. The van der Waals surface area contributed by atoms with Crippen LogP contribution in [-0.4, -0.2) is 92.6 Å². The minimum Gasteiger partial charge on any atom is -0.480 e. The number of carboxylic acids is 1. The van der Waals surface area contributed by atoms with Gasteiger partial charge in [0.2, 0.25) is 17.7 Å². The number of aliphatic carboxylic acids is 1. The molecule has 0 spiro atoms. The van der Waals surface area contributed by atoms with Gasteiger partial charge in [-0.2, -0.15) is 11.8 Å². The number of hydrogen-bond acceptors (Lipinski definition) is 7. The van der Waals surface area contributed by atoms with Gasteiger partial charge in [-0.25, -0.2) is 4.79 Å². The first kappa shape index (κ1) is 28.5. The zero-order valence-electron chi connectivity index (χ0n) is 21.0. The number of rotatable bonds is 12. The van der Waals surface area contributed by atoms with Gasteiger partial charge < -0.3 is 36.5 Å². The number of aromatic amines is 1. The largest absolute Gasteiger partial charge is 0.480 e. The maximum absolute atomic E-state index is 13.2. The van der Waals surface area contributed by atoms with Crippen molar-refractivity contribution < 1.29 is 29.4 Å². The fraction of sp³-hybridized carbons (Fsp3) is 0.520. The van der Waals surface area contributed by atoms with E-state index < -0.39 is 54.0 Å². The number of thioether (sulfide) groups is 1. The van der Waals surface area contributed by atoms with Crippen molar-refractivity contribution >= 4 is 46.4 Å². The summed E-state index contributed by atoms with van der Waals surface area (Å²) in [6, 6.07) is 3.35. The average Bonchev–Trinajstić information content (AvgIpc) is 3.52. The summed E-state index contributed by atoms with van der Waals surface area (Å²) in [7, 11) is 0. The van der Waals surface area contributed by atoms with Crippen LogP contribution >= 0.6 is 11.8 Å². The summed E-state index contributed by atoms with van der Waals surface area (Å²) >= 11 is 1.48. The second-order valence-electron chi connectivity index (χ2n) is 9.27. The number of carbonyl (C=O) groups is 4. The number of nitrogens with two attached hydrogens (primary N) is 1. The summed E-state index contributed by atoms with van der Waals surface area (Å²) in [4.78, 5) is 55.1. The third-order valence-corrected chi connectivity index (χ3v) is 7.20. The van der Waals surface area contributed by atoms with Crippen LogP contribution in [0.15, 0.2) is 30.5 Å². The molecule has 5 atom stereocenters. The van der Waals surface area contributed by atoms with E-state index in [9.17, 15) is 29.4 Å². The van der Waals surface area contributed by atoms with Gasteiger partial charge in [-0.1, -0.05) is 18.2 Å². The van der Waals surface area contributed by atoms with Gasteiger partial charge in [-0.3, -0.25) is 14.4 Å². The molecule has 1 fully saturated rings. The highest BCUT2D eigenvalue weighted by Gasteiger charge is 2.38. The highest BCUT2D eigenvalue weighted by atomic mass is 32.2.